The third-order valence-corrected chi connectivity index (χ3v) is 6.26. The van der Waals surface area contributed by atoms with Crippen molar-refractivity contribution in [1.29, 1.82) is 0 Å². The van der Waals surface area contributed by atoms with Gasteiger partial charge in [-0.25, -0.2) is 12.8 Å². The number of para-hydroxylation sites is 1. The van der Waals surface area contributed by atoms with Gasteiger partial charge < -0.3 is 14.8 Å². The zero-order chi connectivity index (χ0) is 23.4. The number of amides is 1. The quantitative estimate of drug-likeness (QED) is 0.513. The summed E-state index contributed by atoms with van der Waals surface area (Å²) in [4.78, 5) is 11.6. The van der Waals surface area contributed by atoms with Crippen molar-refractivity contribution in [2.24, 2.45) is 0 Å². The van der Waals surface area contributed by atoms with Gasteiger partial charge in [0.05, 0.1) is 13.2 Å². The summed E-state index contributed by atoms with van der Waals surface area (Å²) in [6.07, 6.45) is -2.86. The molecule has 172 valence electrons. The smallest absolute Gasteiger partial charge is 0.405 e. The molecule has 1 saturated heterocycles. The number of carbonyl (C=O) groups excluding carboxylic acids is 1. The number of benzene rings is 2. The number of alkyl halides is 3. The van der Waals surface area contributed by atoms with Crippen LogP contribution in [0.15, 0.2) is 53.4 Å². The van der Waals surface area contributed by atoms with Crippen molar-refractivity contribution < 1.29 is 40.2 Å². The van der Waals surface area contributed by atoms with Crippen LogP contribution in [0.2, 0.25) is 0 Å². The third-order valence-electron chi connectivity index (χ3n) is 4.35. The first-order chi connectivity index (χ1) is 15.1. The van der Waals surface area contributed by atoms with E-state index in [4.69, 9.17) is 4.74 Å². The standard InChI is InChI=1S/C20H18F4N2O5S/c21-16-7-6-15(13-18(16)32(28,29)26-9-11-30-12-10-26)25-19(27)8-5-14-3-1-2-4-17(14)31-20(22,23)24/h1-8,13H,9-12H2,(H,25,27)/b8-5+. The van der Waals surface area contributed by atoms with Crippen LogP contribution < -0.4 is 10.1 Å². The number of carbonyl (C=O) groups is 1. The van der Waals surface area contributed by atoms with E-state index in [1.165, 1.54) is 24.3 Å². The zero-order valence-corrected chi connectivity index (χ0v) is 17.2. The van der Waals surface area contributed by atoms with Crippen LogP contribution >= 0.6 is 0 Å². The van der Waals surface area contributed by atoms with Crippen LogP contribution in [0.1, 0.15) is 5.56 Å². The minimum absolute atomic E-state index is 0.00494. The van der Waals surface area contributed by atoms with Crippen molar-refractivity contribution in [3.05, 3.63) is 59.9 Å². The van der Waals surface area contributed by atoms with Gasteiger partial charge in [-0.05, 0) is 30.3 Å². The van der Waals surface area contributed by atoms with Crippen LogP contribution in [0.25, 0.3) is 6.08 Å². The van der Waals surface area contributed by atoms with Gasteiger partial charge in [0.1, 0.15) is 16.5 Å². The highest BCUT2D eigenvalue weighted by Crippen LogP contribution is 2.27. The van der Waals surface area contributed by atoms with Gasteiger partial charge >= 0.3 is 6.36 Å². The van der Waals surface area contributed by atoms with Gasteiger partial charge in [0.25, 0.3) is 0 Å². The van der Waals surface area contributed by atoms with Gasteiger partial charge in [-0.2, -0.15) is 4.31 Å². The molecule has 0 unspecified atom stereocenters. The second-order valence-electron chi connectivity index (χ2n) is 6.57. The maximum atomic E-state index is 14.2. The summed E-state index contributed by atoms with van der Waals surface area (Å²) in [5.41, 5.74) is -0.0117. The molecule has 0 aliphatic carbocycles. The van der Waals surface area contributed by atoms with Gasteiger partial charge in [0.2, 0.25) is 15.9 Å². The van der Waals surface area contributed by atoms with Crippen molar-refractivity contribution in [3.63, 3.8) is 0 Å². The fraction of sp³-hybridized carbons (Fsp3) is 0.250. The maximum Gasteiger partial charge on any atom is 0.573 e. The summed E-state index contributed by atoms with van der Waals surface area (Å²) in [5.74, 6) is -2.25. The Morgan fingerprint density at radius 2 is 1.81 bits per heavy atom. The molecule has 2 aromatic rings. The molecule has 0 radical (unpaired) electrons. The normalized spacial score (nSPS) is 15.6. The van der Waals surface area contributed by atoms with E-state index >= 15 is 0 Å². The molecule has 0 atom stereocenters. The summed E-state index contributed by atoms with van der Waals surface area (Å²) in [6, 6.07) is 8.26. The number of halogens is 4. The predicted octanol–water partition coefficient (Wildman–Crippen LogP) is 3.40. The minimum Gasteiger partial charge on any atom is -0.405 e. The van der Waals surface area contributed by atoms with Gasteiger partial charge in [0.15, 0.2) is 0 Å². The van der Waals surface area contributed by atoms with E-state index in [1.54, 1.807) is 0 Å². The number of ether oxygens (including phenoxy) is 2. The van der Waals surface area contributed by atoms with Crippen molar-refractivity contribution in [3.8, 4) is 5.75 Å². The van der Waals surface area contributed by atoms with Gasteiger partial charge in [-0.1, -0.05) is 18.2 Å². The number of anilines is 1. The van der Waals surface area contributed by atoms with E-state index in [0.717, 1.165) is 34.7 Å². The van der Waals surface area contributed by atoms with E-state index in [9.17, 15) is 30.8 Å². The molecular formula is C20H18F4N2O5S. The van der Waals surface area contributed by atoms with E-state index in [1.807, 2.05) is 0 Å². The summed E-state index contributed by atoms with van der Waals surface area (Å²) < 4.78 is 87.2. The lowest BCUT2D eigenvalue weighted by atomic mass is 10.2. The predicted molar refractivity (Wildman–Crippen MR) is 107 cm³/mol. The second kappa shape index (κ2) is 9.67. The highest BCUT2D eigenvalue weighted by Gasteiger charge is 2.32. The fourth-order valence-electron chi connectivity index (χ4n) is 2.89. The van der Waals surface area contributed by atoms with Crippen molar-refractivity contribution in [2.45, 2.75) is 11.3 Å². The number of hydrogen-bond acceptors (Lipinski definition) is 5. The van der Waals surface area contributed by atoms with Crippen LogP contribution in [-0.4, -0.2) is 51.3 Å². The molecule has 0 saturated carbocycles. The lowest BCUT2D eigenvalue weighted by molar-refractivity contribution is -0.274. The molecule has 1 amide bonds. The Balaban J connectivity index is 1.76. The summed E-state index contributed by atoms with van der Waals surface area (Å²) >= 11 is 0. The molecule has 0 bridgehead atoms. The highest BCUT2D eigenvalue weighted by molar-refractivity contribution is 7.89. The van der Waals surface area contributed by atoms with E-state index < -0.39 is 38.8 Å². The Kier molecular flexibility index (Phi) is 7.16. The Hall–Kier alpha value is -2.96. The van der Waals surface area contributed by atoms with Crippen molar-refractivity contribution >= 4 is 27.7 Å². The Labute approximate surface area is 181 Å². The first-order valence-electron chi connectivity index (χ1n) is 9.27. The molecule has 0 aromatic heterocycles. The monoisotopic (exact) mass is 474 g/mol. The van der Waals surface area contributed by atoms with Crippen molar-refractivity contribution in [1.82, 2.24) is 4.31 Å². The summed E-state index contributed by atoms with van der Waals surface area (Å²) in [7, 11) is -4.14. The Morgan fingerprint density at radius 3 is 2.50 bits per heavy atom. The number of rotatable bonds is 6. The number of hydrogen-bond donors (Lipinski definition) is 1. The number of sulfonamides is 1. The zero-order valence-electron chi connectivity index (χ0n) is 16.4. The lowest BCUT2D eigenvalue weighted by Crippen LogP contribution is -2.40. The van der Waals surface area contributed by atoms with E-state index in [2.05, 4.69) is 10.1 Å². The largest absolute Gasteiger partial charge is 0.573 e. The third kappa shape index (κ3) is 6.05. The van der Waals surface area contributed by atoms with Crippen molar-refractivity contribution in [2.75, 3.05) is 31.6 Å². The molecule has 32 heavy (non-hydrogen) atoms. The van der Waals surface area contributed by atoms with Gasteiger partial charge in [-0.15, -0.1) is 13.2 Å². The summed E-state index contributed by atoms with van der Waals surface area (Å²) in [5, 5.41) is 2.36. The molecule has 1 heterocycles. The second-order valence-corrected chi connectivity index (χ2v) is 8.48. The topological polar surface area (TPSA) is 84.9 Å². The SMILES string of the molecule is O=C(/C=C/c1ccccc1OC(F)(F)F)Nc1ccc(F)c(S(=O)(=O)N2CCOCC2)c1. The molecule has 1 fully saturated rings. The number of nitrogens with zero attached hydrogens (tertiary/aromatic N) is 1. The first-order valence-corrected chi connectivity index (χ1v) is 10.7. The Morgan fingerprint density at radius 1 is 1.12 bits per heavy atom. The first kappa shape index (κ1) is 23.7. The number of nitrogens with one attached hydrogen (secondary N) is 1. The fourth-order valence-corrected chi connectivity index (χ4v) is 4.39. The average Bonchev–Trinajstić information content (AvgIpc) is 2.74. The molecule has 1 aliphatic heterocycles. The highest BCUT2D eigenvalue weighted by atomic mass is 32.2. The van der Waals surface area contributed by atoms with Gasteiger partial charge in [0, 0.05) is 30.4 Å². The molecule has 1 N–H and O–H groups in total. The van der Waals surface area contributed by atoms with Crippen LogP contribution in [0.5, 0.6) is 5.75 Å². The summed E-state index contributed by atoms with van der Waals surface area (Å²) in [6.45, 7) is 0.504. The molecule has 0 spiro atoms. The molecule has 3 rings (SSSR count). The number of morpholine rings is 1. The Bertz CT molecular complexity index is 1110. The molecule has 12 heteroatoms. The van der Waals surface area contributed by atoms with Gasteiger partial charge in [-0.3, -0.25) is 4.79 Å². The lowest BCUT2D eigenvalue weighted by Gasteiger charge is -2.26. The maximum absolute atomic E-state index is 14.2. The van der Waals surface area contributed by atoms with E-state index in [-0.39, 0.29) is 37.6 Å². The van der Waals surface area contributed by atoms with Crippen LogP contribution in [-0.2, 0) is 19.6 Å². The average molecular weight is 474 g/mol. The molecule has 2 aromatic carbocycles. The van der Waals surface area contributed by atoms with E-state index in [0.29, 0.717) is 0 Å². The van der Waals surface area contributed by atoms with Crippen LogP contribution in [0.3, 0.4) is 0 Å². The molecular weight excluding hydrogens is 456 g/mol. The molecule has 7 nitrogen and oxygen atoms in total. The molecule has 1 aliphatic rings. The minimum atomic E-state index is -4.90. The van der Waals surface area contributed by atoms with Crippen LogP contribution in [0.4, 0.5) is 23.2 Å². The van der Waals surface area contributed by atoms with Crippen LogP contribution in [0, 0.1) is 5.82 Å².